The average Bonchev–Trinajstić information content (AvgIpc) is 2.78. The molecule has 0 spiro atoms. The third-order valence-corrected chi connectivity index (χ3v) is 4.74. The van der Waals surface area contributed by atoms with Crippen molar-refractivity contribution in [3.05, 3.63) is 43.2 Å². The largest absolute Gasteiger partial charge is 0.464 e. The number of halogens is 3. The summed E-state index contributed by atoms with van der Waals surface area (Å²) < 4.78 is 7.26. The normalized spacial score (nSPS) is 11.0. The van der Waals surface area contributed by atoms with Crippen LogP contribution < -0.4 is 0 Å². The molecule has 0 aliphatic rings. The van der Waals surface area contributed by atoms with Gasteiger partial charge in [-0.25, -0.2) is 9.48 Å². The van der Waals surface area contributed by atoms with Crippen LogP contribution in [0.4, 0.5) is 0 Å². The van der Waals surface area contributed by atoms with Gasteiger partial charge in [-0.2, -0.15) is 5.10 Å². The minimum Gasteiger partial charge on any atom is -0.464 e. The molecular formula is C14H13Cl2IN2O2. The summed E-state index contributed by atoms with van der Waals surface area (Å²) in [4.78, 5) is 11.8. The zero-order valence-corrected chi connectivity index (χ0v) is 15.3. The number of nitrogens with zero attached hydrogens (tertiary/aromatic N) is 2. The van der Waals surface area contributed by atoms with E-state index in [0.29, 0.717) is 15.7 Å². The first-order valence-corrected chi connectivity index (χ1v) is 8.02. The standard InChI is InChI=1S/C14H13Cl2IN2O2/c1-7(2)13-11(17)12(14(20)21-3)18-19(13)8-4-5-9(15)10(16)6-8/h4-7H,1-3H3. The number of aromatic nitrogens is 2. The Morgan fingerprint density at radius 2 is 2.00 bits per heavy atom. The summed E-state index contributed by atoms with van der Waals surface area (Å²) in [6.07, 6.45) is 0. The maximum Gasteiger partial charge on any atom is 0.359 e. The van der Waals surface area contributed by atoms with Crippen molar-refractivity contribution in [2.24, 2.45) is 0 Å². The molecule has 0 atom stereocenters. The summed E-state index contributed by atoms with van der Waals surface area (Å²) in [6, 6.07) is 5.24. The van der Waals surface area contributed by atoms with Gasteiger partial charge in [-0.3, -0.25) is 0 Å². The molecule has 0 bridgehead atoms. The van der Waals surface area contributed by atoms with E-state index >= 15 is 0 Å². The number of esters is 1. The van der Waals surface area contributed by atoms with Crippen molar-refractivity contribution in [2.75, 3.05) is 7.11 Å². The molecule has 21 heavy (non-hydrogen) atoms. The summed E-state index contributed by atoms with van der Waals surface area (Å²) in [7, 11) is 1.34. The fourth-order valence-electron chi connectivity index (χ4n) is 1.95. The van der Waals surface area contributed by atoms with Gasteiger partial charge in [-0.05, 0) is 46.7 Å². The highest BCUT2D eigenvalue weighted by molar-refractivity contribution is 14.1. The molecule has 0 amide bonds. The summed E-state index contributed by atoms with van der Waals surface area (Å²) in [6.45, 7) is 4.07. The molecule has 0 N–H and O–H groups in total. The van der Waals surface area contributed by atoms with Gasteiger partial charge in [0.2, 0.25) is 0 Å². The molecule has 112 valence electrons. The molecule has 0 saturated carbocycles. The molecule has 7 heteroatoms. The Morgan fingerprint density at radius 1 is 1.33 bits per heavy atom. The predicted octanol–water partition coefficient (Wildman–Crippen LogP) is 4.69. The summed E-state index contributed by atoms with van der Waals surface area (Å²) in [5.74, 6) is -0.280. The van der Waals surface area contributed by atoms with Gasteiger partial charge in [-0.15, -0.1) is 0 Å². The highest BCUT2D eigenvalue weighted by Crippen LogP contribution is 2.30. The fourth-order valence-corrected chi connectivity index (χ4v) is 3.42. The molecule has 0 fully saturated rings. The SMILES string of the molecule is COC(=O)c1nn(-c2ccc(Cl)c(Cl)c2)c(C(C)C)c1I. The smallest absolute Gasteiger partial charge is 0.359 e. The van der Waals surface area contributed by atoms with Crippen LogP contribution in [0.25, 0.3) is 5.69 Å². The number of rotatable bonds is 3. The van der Waals surface area contributed by atoms with Crippen LogP contribution in [0.3, 0.4) is 0 Å². The van der Waals surface area contributed by atoms with E-state index in [1.807, 2.05) is 19.9 Å². The molecule has 4 nitrogen and oxygen atoms in total. The first-order valence-electron chi connectivity index (χ1n) is 6.19. The van der Waals surface area contributed by atoms with Crippen LogP contribution in [0.15, 0.2) is 18.2 Å². The molecule has 0 saturated heterocycles. The average molecular weight is 439 g/mol. The van der Waals surface area contributed by atoms with E-state index in [1.54, 1.807) is 16.8 Å². The van der Waals surface area contributed by atoms with Gasteiger partial charge in [0.1, 0.15) is 0 Å². The number of hydrogen-bond acceptors (Lipinski definition) is 3. The highest BCUT2D eigenvalue weighted by Gasteiger charge is 2.24. The number of carbonyl (C=O) groups excluding carboxylic acids is 1. The van der Waals surface area contributed by atoms with E-state index < -0.39 is 5.97 Å². The highest BCUT2D eigenvalue weighted by atomic mass is 127. The van der Waals surface area contributed by atoms with E-state index in [2.05, 4.69) is 27.7 Å². The van der Waals surface area contributed by atoms with Crippen LogP contribution in [0.2, 0.25) is 10.0 Å². The Kier molecular flexibility index (Phi) is 5.16. The molecule has 2 rings (SSSR count). The van der Waals surface area contributed by atoms with Crippen LogP contribution in [0, 0.1) is 3.57 Å². The molecule has 0 radical (unpaired) electrons. The van der Waals surface area contributed by atoms with Crippen LogP contribution in [-0.4, -0.2) is 22.9 Å². The van der Waals surface area contributed by atoms with E-state index in [4.69, 9.17) is 27.9 Å². The Hall–Kier alpha value is -0.790. The second-order valence-electron chi connectivity index (χ2n) is 4.70. The monoisotopic (exact) mass is 438 g/mol. The fraction of sp³-hybridized carbons (Fsp3) is 0.286. The minimum atomic E-state index is -0.458. The minimum absolute atomic E-state index is 0.178. The van der Waals surface area contributed by atoms with Crippen LogP contribution in [-0.2, 0) is 4.74 Å². The number of ether oxygens (including phenoxy) is 1. The first-order chi connectivity index (χ1) is 9.86. The van der Waals surface area contributed by atoms with Crippen molar-refractivity contribution in [3.63, 3.8) is 0 Å². The topological polar surface area (TPSA) is 44.1 Å². The Balaban J connectivity index is 2.67. The maximum absolute atomic E-state index is 11.8. The Morgan fingerprint density at radius 3 is 2.52 bits per heavy atom. The van der Waals surface area contributed by atoms with Crippen molar-refractivity contribution in [2.45, 2.75) is 19.8 Å². The lowest BCUT2D eigenvalue weighted by Gasteiger charge is -2.11. The zero-order valence-electron chi connectivity index (χ0n) is 11.7. The third kappa shape index (κ3) is 3.19. The quantitative estimate of drug-likeness (QED) is 0.515. The second kappa shape index (κ2) is 6.54. The number of carbonyl (C=O) groups is 1. The number of benzene rings is 1. The summed E-state index contributed by atoms with van der Waals surface area (Å²) >= 11 is 14.1. The lowest BCUT2D eigenvalue weighted by Crippen LogP contribution is -2.06. The van der Waals surface area contributed by atoms with E-state index in [1.165, 1.54) is 7.11 Å². The Bertz CT molecular complexity index is 699. The first kappa shape index (κ1) is 16.6. The van der Waals surface area contributed by atoms with E-state index in [-0.39, 0.29) is 5.92 Å². The Labute approximate surface area is 146 Å². The maximum atomic E-state index is 11.8. The van der Waals surface area contributed by atoms with Gasteiger partial charge < -0.3 is 4.74 Å². The molecule has 0 unspecified atom stereocenters. The molecule has 0 aliphatic carbocycles. The lowest BCUT2D eigenvalue weighted by molar-refractivity contribution is 0.0592. The van der Waals surface area contributed by atoms with Crippen LogP contribution in [0.5, 0.6) is 0 Å². The molecule has 2 aromatic rings. The number of methoxy groups -OCH3 is 1. The molecular weight excluding hydrogens is 426 g/mol. The van der Waals surface area contributed by atoms with E-state index in [9.17, 15) is 4.79 Å². The predicted molar refractivity (Wildman–Crippen MR) is 91.7 cm³/mol. The second-order valence-corrected chi connectivity index (χ2v) is 6.60. The summed E-state index contributed by atoms with van der Waals surface area (Å²) in [5.41, 5.74) is 1.98. The third-order valence-electron chi connectivity index (χ3n) is 2.93. The van der Waals surface area contributed by atoms with Crippen molar-refractivity contribution >= 4 is 51.8 Å². The number of hydrogen-bond donors (Lipinski definition) is 0. The molecule has 1 aromatic heterocycles. The van der Waals surface area contributed by atoms with Crippen LogP contribution in [0.1, 0.15) is 35.9 Å². The van der Waals surface area contributed by atoms with Gasteiger partial charge in [-0.1, -0.05) is 37.0 Å². The lowest BCUT2D eigenvalue weighted by atomic mass is 10.1. The van der Waals surface area contributed by atoms with Crippen LogP contribution >= 0.6 is 45.8 Å². The van der Waals surface area contributed by atoms with E-state index in [0.717, 1.165) is 15.0 Å². The van der Waals surface area contributed by atoms with Gasteiger partial charge in [0, 0.05) is 0 Å². The van der Waals surface area contributed by atoms with Gasteiger partial charge >= 0.3 is 5.97 Å². The zero-order chi connectivity index (χ0) is 15.7. The van der Waals surface area contributed by atoms with Gasteiger partial charge in [0.15, 0.2) is 5.69 Å². The molecule has 1 aromatic carbocycles. The van der Waals surface area contributed by atoms with Gasteiger partial charge in [0.25, 0.3) is 0 Å². The summed E-state index contributed by atoms with van der Waals surface area (Å²) in [5, 5.41) is 5.29. The van der Waals surface area contributed by atoms with Crippen molar-refractivity contribution in [1.29, 1.82) is 0 Å². The molecule has 1 heterocycles. The van der Waals surface area contributed by atoms with Gasteiger partial charge in [0.05, 0.1) is 32.1 Å². The van der Waals surface area contributed by atoms with Crippen molar-refractivity contribution in [1.82, 2.24) is 9.78 Å². The van der Waals surface area contributed by atoms with Crippen molar-refractivity contribution < 1.29 is 9.53 Å². The van der Waals surface area contributed by atoms with Crippen molar-refractivity contribution in [3.8, 4) is 5.69 Å². The molecule has 0 aliphatic heterocycles.